The Bertz CT molecular complexity index is 302. The minimum Gasteiger partial charge on any atom is -0.377 e. The molecule has 1 aliphatic rings. The minimum atomic E-state index is -0.658. The number of amides is 2. The summed E-state index contributed by atoms with van der Waals surface area (Å²) in [5, 5.41) is 2.72. The summed E-state index contributed by atoms with van der Waals surface area (Å²) in [5.74, 6) is -0.241. The second-order valence-electron chi connectivity index (χ2n) is 4.46. The summed E-state index contributed by atoms with van der Waals surface area (Å²) >= 11 is 3.33. The number of carbonyl (C=O) groups excluding carboxylic acids is 2. The maximum atomic E-state index is 12.2. The van der Waals surface area contributed by atoms with Crippen LogP contribution in [0.15, 0.2) is 0 Å². The number of alkyl halides is 1. The zero-order valence-corrected chi connectivity index (χ0v) is 12.0. The summed E-state index contributed by atoms with van der Waals surface area (Å²) in [6.07, 6.45) is 0. The van der Waals surface area contributed by atoms with Crippen LogP contribution in [-0.4, -0.2) is 53.4 Å². The molecule has 2 amide bonds. The van der Waals surface area contributed by atoms with Gasteiger partial charge in [0.25, 0.3) is 0 Å². The first-order valence-corrected chi connectivity index (χ1v) is 6.52. The van der Waals surface area contributed by atoms with E-state index in [1.54, 1.807) is 18.7 Å². The van der Waals surface area contributed by atoms with Crippen molar-refractivity contribution >= 4 is 27.7 Å². The van der Waals surface area contributed by atoms with Crippen LogP contribution in [0.4, 0.5) is 0 Å². The molecule has 1 aliphatic heterocycles. The van der Waals surface area contributed by atoms with E-state index in [1.165, 1.54) is 0 Å². The molecule has 1 rings (SSSR count). The zero-order chi connectivity index (χ0) is 13.1. The van der Waals surface area contributed by atoms with Gasteiger partial charge in [-0.15, -0.1) is 0 Å². The third-order valence-electron chi connectivity index (χ3n) is 2.55. The molecule has 0 spiro atoms. The highest BCUT2D eigenvalue weighted by Gasteiger charge is 2.38. The van der Waals surface area contributed by atoms with E-state index in [-0.39, 0.29) is 18.4 Å². The van der Waals surface area contributed by atoms with Gasteiger partial charge in [-0.25, -0.2) is 0 Å². The van der Waals surface area contributed by atoms with Gasteiger partial charge >= 0.3 is 0 Å². The smallest absolute Gasteiger partial charge is 0.245 e. The monoisotopic (exact) mass is 306 g/mol. The molecule has 0 aromatic heterocycles. The van der Waals surface area contributed by atoms with E-state index in [1.807, 2.05) is 6.92 Å². The SMILES string of the molecule is CCNC(=O)C1COCCN1C(=O)C(C)(C)Br. The number of nitrogens with one attached hydrogen (secondary N) is 1. The second kappa shape index (κ2) is 5.82. The van der Waals surface area contributed by atoms with Crippen molar-refractivity contribution in [1.82, 2.24) is 10.2 Å². The Hall–Kier alpha value is -0.620. The van der Waals surface area contributed by atoms with Gasteiger partial charge in [-0.05, 0) is 20.8 Å². The first-order chi connectivity index (χ1) is 7.88. The van der Waals surface area contributed by atoms with Crippen LogP contribution in [0.5, 0.6) is 0 Å². The Morgan fingerprint density at radius 3 is 2.71 bits per heavy atom. The molecule has 0 aromatic carbocycles. The van der Waals surface area contributed by atoms with Crippen LogP contribution in [0.1, 0.15) is 20.8 Å². The van der Waals surface area contributed by atoms with E-state index < -0.39 is 10.4 Å². The molecule has 1 fully saturated rings. The molecule has 0 aliphatic carbocycles. The van der Waals surface area contributed by atoms with Crippen LogP contribution in [0.2, 0.25) is 0 Å². The number of carbonyl (C=O) groups is 2. The highest BCUT2D eigenvalue weighted by atomic mass is 79.9. The quantitative estimate of drug-likeness (QED) is 0.774. The predicted octanol–water partition coefficient (Wildman–Crippen LogP) is 0.523. The molecule has 17 heavy (non-hydrogen) atoms. The van der Waals surface area contributed by atoms with Crippen LogP contribution < -0.4 is 5.32 Å². The standard InChI is InChI=1S/C11H19BrN2O3/c1-4-13-9(15)8-7-17-6-5-14(8)10(16)11(2,3)12/h8H,4-7H2,1-3H3,(H,13,15). The van der Waals surface area contributed by atoms with Gasteiger partial charge < -0.3 is 15.0 Å². The molecule has 0 radical (unpaired) electrons. The Kier molecular flexibility index (Phi) is 4.94. The van der Waals surface area contributed by atoms with Crippen molar-refractivity contribution in [2.24, 2.45) is 0 Å². The number of rotatable bonds is 3. The minimum absolute atomic E-state index is 0.0861. The summed E-state index contributed by atoms with van der Waals surface area (Å²) in [4.78, 5) is 25.6. The average molecular weight is 307 g/mol. The molecular weight excluding hydrogens is 288 g/mol. The molecular formula is C11H19BrN2O3. The third kappa shape index (κ3) is 3.67. The van der Waals surface area contributed by atoms with Crippen molar-refractivity contribution in [3.8, 4) is 0 Å². The fourth-order valence-corrected chi connectivity index (χ4v) is 1.93. The normalized spacial score (nSPS) is 21.2. The van der Waals surface area contributed by atoms with E-state index in [4.69, 9.17) is 4.74 Å². The zero-order valence-electron chi connectivity index (χ0n) is 10.5. The molecule has 1 unspecified atom stereocenters. The van der Waals surface area contributed by atoms with Gasteiger partial charge in [-0.3, -0.25) is 9.59 Å². The van der Waals surface area contributed by atoms with Gasteiger partial charge in [-0.2, -0.15) is 0 Å². The van der Waals surface area contributed by atoms with Gasteiger partial charge in [0.15, 0.2) is 0 Å². The Balaban J connectivity index is 2.79. The molecule has 0 saturated carbocycles. The topological polar surface area (TPSA) is 58.6 Å². The van der Waals surface area contributed by atoms with Crippen molar-refractivity contribution in [2.75, 3.05) is 26.3 Å². The molecule has 6 heteroatoms. The summed E-state index contributed by atoms with van der Waals surface area (Å²) in [7, 11) is 0. The predicted molar refractivity (Wildman–Crippen MR) is 68.0 cm³/mol. The van der Waals surface area contributed by atoms with Gasteiger partial charge in [0.2, 0.25) is 11.8 Å². The number of halogens is 1. The van der Waals surface area contributed by atoms with Crippen LogP contribution in [-0.2, 0) is 14.3 Å². The fraction of sp³-hybridized carbons (Fsp3) is 0.818. The van der Waals surface area contributed by atoms with Crippen LogP contribution in [0.25, 0.3) is 0 Å². The number of morpholine rings is 1. The third-order valence-corrected chi connectivity index (χ3v) is 2.89. The molecule has 1 N–H and O–H groups in total. The van der Waals surface area contributed by atoms with E-state index in [9.17, 15) is 9.59 Å². The van der Waals surface area contributed by atoms with Crippen LogP contribution >= 0.6 is 15.9 Å². The van der Waals surface area contributed by atoms with E-state index >= 15 is 0 Å². The Morgan fingerprint density at radius 1 is 1.53 bits per heavy atom. The van der Waals surface area contributed by atoms with Crippen molar-refractivity contribution < 1.29 is 14.3 Å². The van der Waals surface area contributed by atoms with Crippen molar-refractivity contribution in [1.29, 1.82) is 0 Å². The number of hydrogen-bond donors (Lipinski definition) is 1. The van der Waals surface area contributed by atoms with Gasteiger partial charge in [0.1, 0.15) is 6.04 Å². The van der Waals surface area contributed by atoms with E-state index in [0.29, 0.717) is 19.7 Å². The van der Waals surface area contributed by atoms with E-state index in [0.717, 1.165) is 0 Å². The molecule has 0 bridgehead atoms. The van der Waals surface area contributed by atoms with Crippen LogP contribution in [0, 0.1) is 0 Å². The molecule has 0 aromatic rings. The van der Waals surface area contributed by atoms with Gasteiger partial charge in [0.05, 0.1) is 17.5 Å². The number of likely N-dealkylation sites (N-methyl/N-ethyl adjacent to an activating group) is 1. The fourth-order valence-electron chi connectivity index (χ4n) is 1.70. The van der Waals surface area contributed by atoms with Gasteiger partial charge in [-0.1, -0.05) is 15.9 Å². The second-order valence-corrected chi connectivity index (χ2v) is 6.44. The first kappa shape index (κ1) is 14.4. The van der Waals surface area contributed by atoms with Crippen molar-refractivity contribution in [3.63, 3.8) is 0 Å². The summed E-state index contributed by atoms with van der Waals surface area (Å²) in [5.41, 5.74) is 0. The average Bonchev–Trinajstić information content (AvgIpc) is 2.27. The maximum absolute atomic E-state index is 12.2. The lowest BCUT2D eigenvalue weighted by Gasteiger charge is -2.37. The lowest BCUT2D eigenvalue weighted by Crippen LogP contribution is -2.58. The molecule has 1 saturated heterocycles. The highest BCUT2D eigenvalue weighted by molar-refractivity contribution is 9.10. The van der Waals surface area contributed by atoms with Crippen LogP contribution in [0.3, 0.4) is 0 Å². The number of ether oxygens (including phenoxy) is 1. The molecule has 98 valence electrons. The summed E-state index contributed by atoms with van der Waals surface area (Å²) in [6, 6.07) is -0.520. The molecule has 1 heterocycles. The highest BCUT2D eigenvalue weighted by Crippen LogP contribution is 2.22. The molecule has 1 atom stereocenters. The number of nitrogens with zero attached hydrogens (tertiary/aromatic N) is 1. The Labute approximate surface area is 110 Å². The van der Waals surface area contributed by atoms with Gasteiger partial charge in [0, 0.05) is 13.1 Å². The van der Waals surface area contributed by atoms with Crippen molar-refractivity contribution in [3.05, 3.63) is 0 Å². The van der Waals surface area contributed by atoms with Crippen molar-refractivity contribution in [2.45, 2.75) is 31.1 Å². The Morgan fingerprint density at radius 2 is 2.18 bits per heavy atom. The largest absolute Gasteiger partial charge is 0.377 e. The first-order valence-electron chi connectivity index (χ1n) is 5.73. The molecule has 5 nitrogen and oxygen atoms in total. The summed E-state index contributed by atoms with van der Waals surface area (Å²) < 4.78 is 4.61. The lowest BCUT2D eigenvalue weighted by molar-refractivity contribution is -0.149. The maximum Gasteiger partial charge on any atom is 0.245 e. The van der Waals surface area contributed by atoms with E-state index in [2.05, 4.69) is 21.2 Å². The summed E-state index contributed by atoms with van der Waals surface area (Å²) in [6.45, 7) is 7.15. The number of hydrogen-bond acceptors (Lipinski definition) is 3. The lowest BCUT2D eigenvalue weighted by atomic mass is 10.1.